The van der Waals surface area contributed by atoms with Crippen molar-refractivity contribution >= 4 is 66.3 Å². The summed E-state index contributed by atoms with van der Waals surface area (Å²) in [5.41, 5.74) is -0.122. The Morgan fingerprint density at radius 1 is 0.600 bits per heavy atom. The highest BCUT2D eigenvalue weighted by Gasteiger charge is 2.35. The molecule has 0 fully saturated rings. The highest BCUT2D eigenvalue weighted by Crippen LogP contribution is 2.41. The van der Waals surface area contributed by atoms with E-state index in [9.17, 15) is 52.8 Å². The summed E-state index contributed by atoms with van der Waals surface area (Å²) in [5.74, 6) is -2.05. The van der Waals surface area contributed by atoms with Crippen molar-refractivity contribution in [2.45, 2.75) is 28.1 Å². The number of benzene rings is 5. The van der Waals surface area contributed by atoms with E-state index < -0.39 is 61.3 Å². The van der Waals surface area contributed by atoms with Crippen LogP contribution in [0.1, 0.15) is 39.3 Å². The fourth-order valence-corrected chi connectivity index (χ4v) is 8.27. The van der Waals surface area contributed by atoms with Crippen molar-refractivity contribution in [1.29, 1.82) is 0 Å². The minimum atomic E-state index is -4.61. The van der Waals surface area contributed by atoms with Crippen molar-refractivity contribution in [2.75, 3.05) is 20.1 Å². The molecule has 2 amide bonds. The first-order valence-electron chi connectivity index (χ1n) is 15.9. The van der Waals surface area contributed by atoms with Crippen molar-refractivity contribution in [2.24, 2.45) is 0 Å². The molecule has 0 aromatic heterocycles. The van der Waals surface area contributed by atoms with E-state index in [0.29, 0.717) is 28.1 Å². The number of rotatable bonds is 8. The van der Waals surface area contributed by atoms with Crippen LogP contribution < -0.4 is 20.1 Å². The lowest BCUT2D eigenvalue weighted by Gasteiger charge is -2.13. The number of carbonyl (C=O) groups excluding carboxylic acids is 2. The number of hydrogen-bond acceptors (Lipinski definition) is 6. The molecule has 1 atom stereocenters. The van der Waals surface area contributed by atoms with Crippen LogP contribution in [-0.4, -0.2) is 28.6 Å². The lowest BCUT2D eigenvalue weighted by Crippen LogP contribution is -2.14. The topological polar surface area (TPSA) is 151 Å². The standard InChI is InChI=1S/C37H24F6N4O6S2/c38-36(39,40)22-4-8-24(9-5-22)46-54(50,51)26-12-14-31-28(18-26)29(34(48)44-31)17-20-2-1-3-21(16-20)33-30-19-27(13-15-32(30)45-35(33)49)55(52,53)47-25-10-6-23(7-11-25)37(41,42)43/h1-19,33,46-47H,(H,44,48)(H,45,49)/b29-17-. The monoisotopic (exact) mass is 798 g/mol. The molecule has 10 nitrogen and oxygen atoms in total. The van der Waals surface area contributed by atoms with Crippen LogP contribution in [-0.2, 0) is 42.0 Å². The molecule has 5 aromatic carbocycles. The van der Waals surface area contributed by atoms with Crippen LogP contribution in [0, 0.1) is 0 Å². The van der Waals surface area contributed by atoms with E-state index in [-0.39, 0.29) is 32.3 Å². The molecule has 7 rings (SSSR count). The van der Waals surface area contributed by atoms with E-state index in [1.165, 1.54) is 42.5 Å². The van der Waals surface area contributed by atoms with Gasteiger partial charge in [0.15, 0.2) is 0 Å². The van der Waals surface area contributed by atoms with Gasteiger partial charge in [-0.15, -0.1) is 0 Å². The Hall–Kier alpha value is -6.14. The number of sulfonamides is 2. The molecule has 2 heterocycles. The quantitative estimate of drug-likeness (QED) is 0.0926. The highest BCUT2D eigenvalue weighted by atomic mass is 32.2. The van der Waals surface area contributed by atoms with Gasteiger partial charge in [-0.25, -0.2) is 16.8 Å². The Labute approximate surface area is 309 Å². The molecule has 0 aliphatic carbocycles. The first-order chi connectivity index (χ1) is 25.8. The summed E-state index contributed by atoms with van der Waals surface area (Å²) in [6.45, 7) is 0. The first kappa shape index (κ1) is 37.2. The molecule has 5 aromatic rings. The van der Waals surface area contributed by atoms with Gasteiger partial charge in [0, 0.05) is 33.9 Å². The summed E-state index contributed by atoms with van der Waals surface area (Å²) in [6.07, 6.45) is -7.75. The van der Waals surface area contributed by atoms with Crippen molar-refractivity contribution in [3.8, 4) is 0 Å². The summed E-state index contributed by atoms with van der Waals surface area (Å²) >= 11 is 0. The largest absolute Gasteiger partial charge is 0.416 e. The van der Waals surface area contributed by atoms with Crippen LogP contribution >= 0.6 is 0 Å². The van der Waals surface area contributed by atoms with Gasteiger partial charge in [0.1, 0.15) is 0 Å². The first-order valence-corrected chi connectivity index (χ1v) is 18.9. The van der Waals surface area contributed by atoms with Crippen molar-refractivity contribution in [3.63, 3.8) is 0 Å². The van der Waals surface area contributed by atoms with E-state index in [1.54, 1.807) is 24.3 Å². The number of nitrogens with one attached hydrogen (secondary N) is 4. The Balaban J connectivity index is 1.15. The molecule has 282 valence electrons. The lowest BCUT2D eigenvalue weighted by atomic mass is 9.91. The molecular weight excluding hydrogens is 775 g/mol. The van der Waals surface area contributed by atoms with Gasteiger partial charge in [-0.1, -0.05) is 24.3 Å². The van der Waals surface area contributed by atoms with Gasteiger partial charge in [-0.2, -0.15) is 26.3 Å². The number of fused-ring (bicyclic) bond motifs is 2. The molecule has 2 aliphatic heterocycles. The maximum Gasteiger partial charge on any atom is 0.416 e. The zero-order valence-corrected chi connectivity index (χ0v) is 29.2. The van der Waals surface area contributed by atoms with Gasteiger partial charge in [0.25, 0.3) is 26.0 Å². The van der Waals surface area contributed by atoms with Gasteiger partial charge in [0.2, 0.25) is 5.91 Å². The minimum absolute atomic E-state index is 0.0673. The second kappa shape index (κ2) is 13.3. The number of anilines is 4. The summed E-state index contributed by atoms with van der Waals surface area (Å²) in [4.78, 5) is 25.8. The van der Waals surface area contributed by atoms with Gasteiger partial charge in [-0.3, -0.25) is 19.0 Å². The van der Waals surface area contributed by atoms with Gasteiger partial charge in [-0.05, 0) is 108 Å². The zero-order valence-electron chi connectivity index (χ0n) is 27.6. The molecule has 55 heavy (non-hydrogen) atoms. The third-order valence-electron chi connectivity index (χ3n) is 8.73. The van der Waals surface area contributed by atoms with E-state index >= 15 is 0 Å². The second-order valence-electron chi connectivity index (χ2n) is 12.4. The average molecular weight is 799 g/mol. The number of hydrogen-bond donors (Lipinski definition) is 4. The summed E-state index contributed by atoms with van der Waals surface area (Å²) in [5, 5.41) is 5.35. The third-order valence-corrected chi connectivity index (χ3v) is 11.5. The fraction of sp³-hybridized carbons (Fsp3) is 0.0811. The van der Waals surface area contributed by atoms with E-state index in [1.807, 2.05) is 0 Å². The molecule has 2 aliphatic rings. The number of carbonyl (C=O) groups is 2. The molecule has 1 unspecified atom stereocenters. The summed E-state index contributed by atoms with van der Waals surface area (Å²) in [6, 6.07) is 21.0. The van der Waals surface area contributed by atoms with Crippen LogP contribution in [0.5, 0.6) is 0 Å². The molecular formula is C37H24F6N4O6S2. The molecule has 0 radical (unpaired) electrons. The van der Waals surface area contributed by atoms with Gasteiger partial charge < -0.3 is 10.6 Å². The van der Waals surface area contributed by atoms with Crippen LogP contribution in [0.2, 0.25) is 0 Å². The molecule has 0 saturated heterocycles. The average Bonchev–Trinajstić information content (AvgIpc) is 3.61. The van der Waals surface area contributed by atoms with Crippen LogP contribution in [0.25, 0.3) is 11.6 Å². The Bertz CT molecular complexity index is 2640. The third kappa shape index (κ3) is 7.50. The molecule has 4 N–H and O–H groups in total. The Kier molecular flexibility index (Phi) is 9.00. The minimum Gasteiger partial charge on any atom is -0.325 e. The zero-order chi connectivity index (χ0) is 39.5. The predicted molar refractivity (Wildman–Crippen MR) is 191 cm³/mol. The van der Waals surface area contributed by atoms with Gasteiger partial charge >= 0.3 is 12.4 Å². The van der Waals surface area contributed by atoms with Crippen LogP contribution in [0.15, 0.2) is 119 Å². The highest BCUT2D eigenvalue weighted by molar-refractivity contribution is 7.93. The SMILES string of the molecule is O=C1Nc2ccc(S(=O)(=O)Nc3ccc(C(F)(F)F)cc3)cc2/C1=C/c1cccc(C2C(=O)Nc3ccc(S(=O)(=O)Nc4ccc(C(F)(F)F)cc4)cc32)c1. The molecule has 0 bridgehead atoms. The van der Waals surface area contributed by atoms with Crippen molar-refractivity contribution < 1.29 is 52.8 Å². The summed E-state index contributed by atoms with van der Waals surface area (Å²) in [7, 11) is -8.64. The van der Waals surface area contributed by atoms with Crippen LogP contribution in [0.4, 0.5) is 49.1 Å². The van der Waals surface area contributed by atoms with E-state index in [2.05, 4.69) is 20.1 Å². The Morgan fingerprint density at radius 2 is 1.13 bits per heavy atom. The normalized spacial score (nSPS) is 16.3. The summed E-state index contributed by atoms with van der Waals surface area (Å²) < 4.78 is 135. The fourth-order valence-electron chi connectivity index (χ4n) is 6.09. The smallest absolute Gasteiger partial charge is 0.325 e. The molecule has 18 heteroatoms. The van der Waals surface area contributed by atoms with Crippen LogP contribution in [0.3, 0.4) is 0 Å². The van der Waals surface area contributed by atoms with Gasteiger partial charge in [0.05, 0.1) is 26.8 Å². The maximum absolute atomic E-state index is 13.2. The van der Waals surface area contributed by atoms with E-state index in [0.717, 1.165) is 48.5 Å². The molecule has 0 saturated carbocycles. The molecule has 0 spiro atoms. The van der Waals surface area contributed by atoms with Crippen molar-refractivity contribution in [3.05, 3.63) is 143 Å². The van der Waals surface area contributed by atoms with E-state index in [4.69, 9.17) is 0 Å². The second-order valence-corrected chi connectivity index (χ2v) is 15.8. The maximum atomic E-state index is 13.2. The Morgan fingerprint density at radius 3 is 1.67 bits per heavy atom. The number of amides is 2. The van der Waals surface area contributed by atoms with Crippen molar-refractivity contribution in [1.82, 2.24) is 0 Å². The lowest BCUT2D eigenvalue weighted by molar-refractivity contribution is -0.138. The number of alkyl halides is 6. The number of halogens is 6. The predicted octanol–water partition coefficient (Wildman–Crippen LogP) is 7.90.